The fourth-order valence-electron chi connectivity index (χ4n) is 5.09. The number of rotatable bonds is 5. The van der Waals surface area contributed by atoms with E-state index in [0.717, 1.165) is 6.07 Å². The number of aliphatic hydroxyl groups is 6. The van der Waals surface area contributed by atoms with E-state index in [1.54, 1.807) is 6.92 Å². The Hall–Kier alpha value is -3.18. The molecular weight excluding hydrogens is 548 g/mol. The highest BCUT2D eigenvalue weighted by Gasteiger charge is 2.48. The lowest BCUT2D eigenvalue weighted by Gasteiger charge is -2.42. The summed E-state index contributed by atoms with van der Waals surface area (Å²) in [7, 11) is 0. The quantitative estimate of drug-likeness (QED) is 0.167. The van der Waals surface area contributed by atoms with Gasteiger partial charge in [0.05, 0.1) is 23.8 Å². The average molecular weight is 579 g/mol. The van der Waals surface area contributed by atoms with Crippen molar-refractivity contribution in [2.75, 3.05) is 6.61 Å². The van der Waals surface area contributed by atoms with Crippen molar-refractivity contribution in [3.8, 4) is 17.2 Å². The number of fused-ring (bicyclic) bond motifs is 2. The molecule has 0 radical (unpaired) electrons. The third-order valence-corrected chi connectivity index (χ3v) is 7.61. The summed E-state index contributed by atoms with van der Waals surface area (Å²) in [6.07, 6.45) is -15.4. The molecule has 2 fully saturated rings. The van der Waals surface area contributed by atoms with Crippen LogP contribution in [0.25, 0.3) is 0 Å². The highest BCUT2D eigenvalue weighted by atomic mass is 16.7. The van der Waals surface area contributed by atoms with Gasteiger partial charge in [-0.05, 0) is 37.6 Å². The molecule has 222 valence electrons. The fourth-order valence-corrected chi connectivity index (χ4v) is 5.09. The number of carbonyl (C=O) groups excluding carboxylic acids is 2. The number of carbonyl (C=O) groups is 2. The van der Waals surface area contributed by atoms with Crippen molar-refractivity contribution >= 4 is 11.6 Å². The maximum Gasteiger partial charge on any atom is 0.229 e. The van der Waals surface area contributed by atoms with E-state index in [1.807, 2.05) is 0 Å². The molecule has 10 atom stereocenters. The van der Waals surface area contributed by atoms with Crippen molar-refractivity contribution in [1.82, 2.24) is 0 Å². The zero-order valence-corrected chi connectivity index (χ0v) is 21.8. The SMILES string of the molecule is Cc1ccc2c(c1O)C(=O)c1ccc(O[C@@H]3O[C@H](CO[C@@H]4O[C@@H](C)[C@H](O)[C@@H](O)[C@H]4O)[C@@H](O)[C@H](O)[C@H]3O)c(O)c1C2=O. The third kappa shape index (κ3) is 4.86. The van der Waals surface area contributed by atoms with Crippen molar-refractivity contribution in [3.63, 3.8) is 0 Å². The van der Waals surface area contributed by atoms with Crippen LogP contribution in [0.3, 0.4) is 0 Å². The first-order valence-corrected chi connectivity index (χ1v) is 12.8. The molecule has 2 aliphatic heterocycles. The van der Waals surface area contributed by atoms with E-state index >= 15 is 0 Å². The molecule has 2 aromatic rings. The molecular formula is C27H30O14. The van der Waals surface area contributed by atoms with Gasteiger partial charge in [0.15, 0.2) is 29.4 Å². The zero-order chi connectivity index (χ0) is 29.9. The molecule has 0 bridgehead atoms. The molecule has 14 nitrogen and oxygen atoms in total. The minimum Gasteiger partial charge on any atom is -0.507 e. The summed E-state index contributed by atoms with van der Waals surface area (Å²) in [6.45, 7) is 2.47. The fraction of sp³-hybridized carbons (Fsp3) is 0.481. The molecule has 2 heterocycles. The van der Waals surface area contributed by atoms with Gasteiger partial charge in [0.2, 0.25) is 6.29 Å². The van der Waals surface area contributed by atoms with Gasteiger partial charge < -0.3 is 59.8 Å². The van der Waals surface area contributed by atoms with E-state index in [1.165, 1.54) is 25.1 Å². The molecule has 2 saturated heterocycles. The topological polar surface area (TPSA) is 233 Å². The monoisotopic (exact) mass is 578 g/mol. The van der Waals surface area contributed by atoms with Crippen LogP contribution < -0.4 is 4.74 Å². The van der Waals surface area contributed by atoms with Gasteiger partial charge in [-0.15, -0.1) is 0 Å². The van der Waals surface area contributed by atoms with Crippen LogP contribution in [0.1, 0.15) is 44.3 Å². The second kappa shape index (κ2) is 10.9. The number of aliphatic hydroxyl groups excluding tert-OH is 6. The molecule has 3 aliphatic rings. The number of aryl methyl sites for hydroxylation is 1. The highest BCUT2D eigenvalue weighted by Crippen LogP contribution is 2.42. The lowest BCUT2D eigenvalue weighted by Crippen LogP contribution is -2.61. The minimum atomic E-state index is -1.84. The first-order valence-electron chi connectivity index (χ1n) is 12.8. The van der Waals surface area contributed by atoms with Gasteiger partial charge in [0.1, 0.15) is 48.5 Å². The number of phenolic OH excluding ortho intramolecular Hbond substituents is 2. The Balaban J connectivity index is 1.35. The Morgan fingerprint density at radius 1 is 0.707 bits per heavy atom. The molecule has 41 heavy (non-hydrogen) atoms. The number of hydrogen-bond donors (Lipinski definition) is 8. The van der Waals surface area contributed by atoms with Crippen LogP contribution in [-0.2, 0) is 14.2 Å². The Labute approximate surface area is 232 Å². The summed E-state index contributed by atoms with van der Waals surface area (Å²) in [4.78, 5) is 26.3. The van der Waals surface area contributed by atoms with Crippen LogP contribution >= 0.6 is 0 Å². The van der Waals surface area contributed by atoms with Crippen molar-refractivity contribution in [2.45, 2.75) is 75.3 Å². The molecule has 14 heteroatoms. The van der Waals surface area contributed by atoms with Crippen LogP contribution in [0.2, 0.25) is 0 Å². The molecule has 8 N–H and O–H groups in total. The smallest absolute Gasteiger partial charge is 0.229 e. The van der Waals surface area contributed by atoms with Crippen LogP contribution in [-0.4, -0.2) is 120 Å². The Morgan fingerprint density at radius 3 is 1.93 bits per heavy atom. The van der Waals surface area contributed by atoms with E-state index in [-0.39, 0.29) is 22.4 Å². The van der Waals surface area contributed by atoms with Crippen molar-refractivity contribution in [3.05, 3.63) is 52.1 Å². The molecule has 0 unspecified atom stereocenters. The van der Waals surface area contributed by atoms with Crippen molar-refractivity contribution in [1.29, 1.82) is 0 Å². The van der Waals surface area contributed by atoms with Gasteiger partial charge in [-0.25, -0.2) is 0 Å². The first kappa shape index (κ1) is 29.3. The van der Waals surface area contributed by atoms with Gasteiger partial charge in [0, 0.05) is 11.1 Å². The summed E-state index contributed by atoms with van der Waals surface area (Å²) in [5, 5.41) is 82.6. The van der Waals surface area contributed by atoms with Crippen molar-refractivity contribution < 1.29 is 69.4 Å². The molecule has 0 aromatic heterocycles. The number of phenols is 2. The lowest BCUT2D eigenvalue weighted by molar-refractivity contribution is -0.318. The predicted molar refractivity (Wildman–Crippen MR) is 133 cm³/mol. The van der Waals surface area contributed by atoms with E-state index < -0.39 is 96.6 Å². The van der Waals surface area contributed by atoms with Gasteiger partial charge in [-0.2, -0.15) is 0 Å². The Kier molecular flexibility index (Phi) is 7.80. The van der Waals surface area contributed by atoms with E-state index in [2.05, 4.69) is 0 Å². The first-order chi connectivity index (χ1) is 19.3. The second-order valence-electron chi connectivity index (χ2n) is 10.3. The lowest BCUT2D eigenvalue weighted by atomic mass is 9.82. The summed E-state index contributed by atoms with van der Waals surface area (Å²) in [6, 6.07) is 5.13. The predicted octanol–water partition coefficient (Wildman–Crippen LogP) is -1.79. The van der Waals surface area contributed by atoms with Gasteiger partial charge in [-0.1, -0.05) is 6.07 Å². The van der Waals surface area contributed by atoms with Crippen molar-refractivity contribution in [2.24, 2.45) is 0 Å². The van der Waals surface area contributed by atoms with E-state index in [4.69, 9.17) is 18.9 Å². The zero-order valence-electron chi connectivity index (χ0n) is 21.8. The summed E-state index contributed by atoms with van der Waals surface area (Å²) in [5.74, 6) is -2.95. The van der Waals surface area contributed by atoms with Crippen LogP contribution in [0.4, 0.5) is 0 Å². The highest BCUT2D eigenvalue weighted by molar-refractivity contribution is 6.30. The maximum atomic E-state index is 13.2. The largest absolute Gasteiger partial charge is 0.507 e. The standard InChI is InChI=1S/C27H30O14/c1-8-3-4-10-14(16(8)28)18(30)11-5-6-12(20(32)15(11)19(10)31)40-27-25(37)23(35)21(33)13(41-27)7-38-26-24(36)22(34)17(29)9(2)39-26/h3-6,9,13,17,21-29,32-37H,7H2,1-2H3/t9-,13+,17-,21+,22+,23-,24+,25+,26+,27+/m0/s1. The molecule has 0 saturated carbocycles. The van der Waals surface area contributed by atoms with Gasteiger partial charge in [0.25, 0.3) is 0 Å². The summed E-state index contributed by atoms with van der Waals surface area (Å²) < 4.78 is 21.9. The molecule has 0 spiro atoms. The van der Waals surface area contributed by atoms with Crippen LogP contribution in [0, 0.1) is 6.92 Å². The van der Waals surface area contributed by atoms with E-state index in [9.17, 15) is 50.4 Å². The Bertz CT molecular complexity index is 1360. The number of aromatic hydroxyl groups is 2. The molecule has 1 aliphatic carbocycles. The van der Waals surface area contributed by atoms with Gasteiger partial charge >= 0.3 is 0 Å². The Morgan fingerprint density at radius 2 is 1.27 bits per heavy atom. The third-order valence-electron chi connectivity index (χ3n) is 7.61. The number of ketones is 2. The summed E-state index contributed by atoms with van der Waals surface area (Å²) >= 11 is 0. The number of benzene rings is 2. The molecule has 2 aromatic carbocycles. The molecule has 5 rings (SSSR count). The molecule has 0 amide bonds. The van der Waals surface area contributed by atoms with E-state index in [0.29, 0.717) is 5.56 Å². The van der Waals surface area contributed by atoms with Crippen LogP contribution in [0.15, 0.2) is 24.3 Å². The maximum absolute atomic E-state index is 13.2. The average Bonchev–Trinajstić information content (AvgIpc) is 2.94. The number of ether oxygens (including phenoxy) is 4. The normalized spacial score (nSPS) is 35.1. The van der Waals surface area contributed by atoms with Gasteiger partial charge in [-0.3, -0.25) is 9.59 Å². The summed E-state index contributed by atoms with van der Waals surface area (Å²) in [5.41, 5.74) is -0.514. The van der Waals surface area contributed by atoms with Crippen LogP contribution in [0.5, 0.6) is 17.2 Å². The second-order valence-corrected chi connectivity index (χ2v) is 10.3. The number of hydrogen-bond acceptors (Lipinski definition) is 14. The minimum absolute atomic E-state index is 0.123.